The van der Waals surface area contributed by atoms with Crippen LogP contribution < -0.4 is 15.4 Å². The molecule has 9 heteroatoms. The van der Waals surface area contributed by atoms with Crippen LogP contribution in [0.2, 0.25) is 5.02 Å². The molecule has 2 N–H and O–H groups in total. The van der Waals surface area contributed by atoms with Crippen LogP contribution in [0.25, 0.3) is 11.3 Å². The maximum atomic E-state index is 12.6. The smallest absolute Gasteiger partial charge is 0.323 e. The summed E-state index contributed by atoms with van der Waals surface area (Å²) in [6, 6.07) is 14.2. The molecule has 1 saturated heterocycles. The highest BCUT2D eigenvalue weighted by atomic mass is 35.5. The molecule has 1 atom stereocenters. The molecule has 0 radical (unpaired) electrons. The van der Waals surface area contributed by atoms with Crippen LogP contribution >= 0.6 is 11.6 Å². The number of hydrogen-bond acceptors (Lipinski definition) is 5. The van der Waals surface area contributed by atoms with Gasteiger partial charge in [-0.1, -0.05) is 18.5 Å². The molecule has 2 heterocycles. The minimum atomic E-state index is -0.345. The molecule has 1 aliphatic rings. The van der Waals surface area contributed by atoms with Gasteiger partial charge in [0.05, 0.1) is 24.4 Å². The van der Waals surface area contributed by atoms with Crippen molar-refractivity contribution in [3.05, 3.63) is 59.8 Å². The Morgan fingerprint density at radius 3 is 2.46 bits per heavy atom. The molecule has 1 unspecified atom stereocenters. The number of halogens is 1. The Hall–Kier alpha value is -3.07. The maximum absolute atomic E-state index is 12.6. The highest BCUT2D eigenvalue weighted by Crippen LogP contribution is 2.34. The second-order valence-corrected chi connectivity index (χ2v) is 9.31. The Labute approximate surface area is 211 Å². The number of carbonyl (C=O) groups excluding carboxylic acids is 1. The Balaban J connectivity index is 1.53. The van der Waals surface area contributed by atoms with E-state index in [9.17, 15) is 4.79 Å². The Bertz CT molecular complexity index is 1140. The third-order valence-electron chi connectivity index (χ3n) is 6.51. The number of nitrogens with zero attached hydrogens (tertiary/aromatic N) is 3. The minimum Gasteiger partial charge on any atom is -0.491 e. The molecule has 1 aromatic heterocycles. The zero-order valence-corrected chi connectivity index (χ0v) is 21.1. The van der Waals surface area contributed by atoms with E-state index in [1.165, 1.54) is 0 Å². The van der Waals surface area contributed by atoms with Gasteiger partial charge in [0, 0.05) is 48.3 Å². The molecular formula is C26H32ClN5O3. The molecule has 1 fully saturated rings. The van der Waals surface area contributed by atoms with Gasteiger partial charge in [-0.05, 0) is 61.9 Å². The van der Waals surface area contributed by atoms with Crippen LogP contribution in [-0.4, -0.2) is 59.2 Å². The van der Waals surface area contributed by atoms with E-state index in [4.69, 9.17) is 21.1 Å². The number of benzene rings is 2. The highest BCUT2D eigenvalue weighted by molar-refractivity contribution is 6.30. The van der Waals surface area contributed by atoms with E-state index in [1.54, 1.807) is 35.1 Å². The van der Waals surface area contributed by atoms with Crippen LogP contribution in [0.15, 0.2) is 54.7 Å². The van der Waals surface area contributed by atoms with Crippen LogP contribution in [0, 0.1) is 0 Å². The van der Waals surface area contributed by atoms with Crippen LogP contribution in [0.4, 0.5) is 16.2 Å². The summed E-state index contributed by atoms with van der Waals surface area (Å²) in [4.78, 5) is 15.0. The number of carbonyl (C=O) groups is 1. The first-order valence-corrected chi connectivity index (χ1v) is 12.2. The maximum Gasteiger partial charge on any atom is 0.323 e. The predicted molar refractivity (Wildman–Crippen MR) is 139 cm³/mol. The van der Waals surface area contributed by atoms with Gasteiger partial charge in [0.2, 0.25) is 0 Å². The molecule has 186 valence electrons. The quantitative estimate of drug-likeness (QED) is 0.443. The van der Waals surface area contributed by atoms with Crippen molar-refractivity contribution in [1.82, 2.24) is 14.7 Å². The van der Waals surface area contributed by atoms with Gasteiger partial charge in [-0.15, -0.1) is 0 Å². The third kappa shape index (κ3) is 6.14. The van der Waals surface area contributed by atoms with Crippen molar-refractivity contribution in [2.75, 3.05) is 43.5 Å². The number of urea groups is 1. The number of aromatic nitrogens is 2. The van der Waals surface area contributed by atoms with Crippen molar-refractivity contribution >= 4 is 29.0 Å². The summed E-state index contributed by atoms with van der Waals surface area (Å²) in [6.07, 6.45) is 2.70. The number of aryl methyl sites for hydroxylation is 1. The number of morpholine rings is 1. The van der Waals surface area contributed by atoms with E-state index in [2.05, 4.69) is 34.5 Å². The van der Waals surface area contributed by atoms with Gasteiger partial charge in [0.25, 0.3) is 0 Å². The Morgan fingerprint density at radius 1 is 1.11 bits per heavy atom. The van der Waals surface area contributed by atoms with Crippen LogP contribution in [-0.2, 0) is 11.8 Å². The predicted octanol–water partition coefficient (Wildman–Crippen LogP) is 5.26. The molecule has 0 bridgehead atoms. The lowest BCUT2D eigenvalue weighted by Crippen LogP contribution is -2.54. The van der Waals surface area contributed by atoms with Crippen molar-refractivity contribution in [2.45, 2.75) is 25.8 Å². The summed E-state index contributed by atoms with van der Waals surface area (Å²) in [5.41, 5.74) is 2.94. The minimum absolute atomic E-state index is 0.108. The average Bonchev–Trinajstić information content (AvgIpc) is 3.30. The molecule has 0 saturated carbocycles. The van der Waals surface area contributed by atoms with E-state index in [1.807, 2.05) is 31.3 Å². The number of anilines is 2. The third-order valence-corrected chi connectivity index (χ3v) is 6.76. The van der Waals surface area contributed by atoms with Crippen molar-refractivity contribution in [1.29, 1.82) is 0 Å². The molecule has 2 aromatic carbocycles. The summed E-state index contributed by atoms with van der Waals surface area (Å²) in [6.45, 7) is 8.24. The topological polar surface area (TPSA) is 80.7 Å². The van der Waals surface area contributed by atoms with Gasteiger partial charge in [0.15, 0.2) is 0 Å². The first-order chi connectivity index (χ1) is 16.9. The van der Waals surface area contributed by atoms with E-state index >= 15 is 0 Å². The number of nitrogens with one attached hydrogen (secondary N) is 2. The van der Waals surface area contributed by atoms with Crippen LogP contribution in [0.3, 0.4) is 0 Å². The molecule has 1 aliphatic heterocycles. The number of hydrogen-bond donors (Lipinski definition) is 2. The van der Waals surface area contributed by atoms with Gasteiger partial charge in [-0.25, -0.2) is 4.79 Å². The summed E-state index contributed by atoms with van der Waals surface area (Å²) in [5, 5.41) is 10.6. The van der Waals surface area contributed by atoms with Gasteiger partial charge in [0.1, 0.15) is 12.4 Å². The van der Waals surface area contributed by atoms with Crippen LogP contribution in [0.5, 0.6) is 5.75 Å². The fourth-order valence-corrected chi connectivity index (χ4v) is 4.28. The fourth-order valence-electron chi connectivity index (χ4n) is 4.15. The fraction of sp³-hybridized carbons (Fsp3) is 0.385. The Morgan fingerprint density at radius 2 is 1.80 bits per heavy atom. The van der Waals surface area contributed by atoms with E-state index in [0.29, 0.717) is 23.0 Å². The molecule has 3 aromatic rings. The highest BCUT2D eigenvalue weighted by Gasteiger charge is 2.32. The molecule has 4 rings (SSSR count). The molecular weight excluding hydrogens is 466 g/mol. The largest absolute Gasteiger partial charge is 0.491 e. The van der Waals surface area contributed by atoms with Gasteiger partial charge in [-0.3, -0.25) is 9.58 Å². The van der Waals surface area contributed by atoms with Gasteiger partial charge < -0.3 is 20.1 Å². The van der Waals surface area contributed by atoms with E-state index in [-0.39, 0.29) is 11.6 Å². The lowest BCUT2D eigenvalue weighted by molar-refractivity contribution is -0.0338. The Kier molecular flexibility index (Phi) is 7.95. The summed E-state index contributed by atoms with van der Waals surface area (Å²) in [5.74, 6) is 0.741. The number of rotatable bonds is 8. The van der Waals surface area contributed by atoms with E-state index < -0.39 is 0 Å². The van der Waals surface area contributed by atoms with Crippen LogP contribution in [0.1, 0.15) is 20.3 Å². The summed E-state index contributed by atoms with van der Waals surface area (Å²) < 4.78 is 13.8. The average molecular weight is 498 g/mol. The number of ether oxygens (including phenoxy) is 2. The monoisotopic (exact) mass is 497 g/mol. The molecule has 0 aliphatic carbocycles. The normalized spacial score (nSPS) is 15.9. The van der Waals surface area contributed by atoms with E-state index in [0.717, 1.165) is 49.7 Å². The van der Waals surface area contributed by atoms with Crippen molar-refractivity contribution < 1.29 is 14.3 Å². The lowest BCUT2D eigenvalue weighted by Gasteiger charge is -2.42. The van der Waals surface area contributed by atoms with Crippen molar-refractivity contribution in [2.24, 2.45) is 7.05 Å². The van der Waals surface area contributed by atoms with Gasteiger partial charge in [-0.2, -0.15) is 5.10 Å². The molecule has 35 heavy (non-hydrogen) atoms. The molecule has 0 spiro atoms. The lowest BCUT2D eigenvalue weighted by atomic mass is 9.97. The molecule has 2 amide bonds. The zero-order valence-electron chi connectivity index (χ0n) is 20.4. The number of amides is 2. The SMILES string of the molecule is CCC(C)(COc1ccc(NC(=O)Nc2ccc(Cl)cc2)cc1-c1ccnn1C)N1CCOCC1. The second kappa shape index (κ2) is 11.1. The molecule has 8 nitrogen and oxygen atoms in total. The standard InChI is InChI=1S/C26H32ClN5O3/c1-4-26(2,32-13-15-34-16-14-32)18-35-24-10-9-21(17-22(24)23-11-12-28-31(23)3)30-25(33)29-20-7-5-19(27)6-8-20/h5-12,17H,4,13-16,18H2,1-3H3,(H2,29,30,33). The zero-order chi connectivity index (χ0) is 24.8. The second-order valence-electron chi connectivity index (χ2n) is 8.88. The summed E-state index contributed by atoms with van der Waals surface area (Å²) in [7, 11) is 1.89. The van der Waals surface area contributed by atoms with Crippen molar-refractivity contribution in [3.8, 4) is 17.0 Å². The van der Waals surface area contributed by atoms with Crippen molar-refractivity contribution in [3.63, 3.8) is 0 Å². The first kappa shape index (κ1) is 25.0. The van der Waals surface area contributed by atoms with Gasteiger partial charge >= 0.3 is 6.03 Å². The first-order valence-electron chi connectivity index (χ1n) is 11.8. The summed E-state index contributed by atoms with van der Waals surface area (Å²) >= 11 is 5.92.